The van der Waals surface area contributed by atoms with E-state index >= 15 is 0 Å². The molecular weight excluding hydrogens is 240 g/mol. The monoisotopic (exact) mass is 256 g/mol. The summed E-state index contributed by atoms with van der Waals surface area (Å²) in [6.45, 7) is 0.0741. The van der Waals surface area contributed by atoms with E-state index in [-0.39, 0.29) is 8.03 Å². The Kier molecular flexibility index (Phi) is 3.14. The van der Waals surface area contributed by atoms with Gasteiger partial charge < -0.3 is 5.11 Å². The number of hydrazine groups is 2. The Morgan fingerprint density at radius 1 is 0.895 bits per heavy atom. The molecule has 0 saturated heterocycles. The van der Waals surface area contributed by atoms with Gasteiger partial charge in [0.15, 0.2) is 5.84 Å². The normalized spacial score (nSPS) is 13.6. The minimum absolute atomic E-state index is 0. The molecule has 5 nitrogen and oxygen atoms in total. The third-order valence-corrected chi connectivity index (χ3v) is 3.03. The molecule has 1 heterocycles. The minimum Gasteiger partial charge on any atom is -0.392 e. The Morgan fingerprint density at radius 3 is 2.00 bits per heavy atom. The van der Waals surface area contributed by atoms with Gasteiger partial charge in [-0.05, 0) is 16.7 Å². The zero-order chi connectivity index (χ0) is 13.1. The van der Waals surface area contributed by atoms with Gasteiger partial charge in [0.1, 0.15) is 0 Å². The van der Waals surface area contributed by atoms with Crippen LogP contribution in [0.3, 0.4) is 0 Å². The van der Waals surface area contributed by atoms with Crippen molar-refractivity contribution in [2.24, 2.45) is 5.10 Å². The Balaban J connectivity index is 0.00000147. The van der Waals surface area contributed by atoms with E-state index in [1.54, 1.807) is 0 Å². The fourth-order valence-corrected chi connectivity index (χ4v) is 1.96. The van der Waals surface area contributed by atoms with E-state index in [9.17, 15) is 0 Å². The quantitative estimate of drug-likeness (QED) is 0.669. The van der Waals surface area contributed by atoms with Crippen LogP contribution in [-0.2, 0) is 6.61 Å². The fourth-order valence-electron chi connectivity index (χ4n) is 1.96. The van der Waals surface area contributed by atoms with Crippen molar-refractivity contribution in [1.29, 1.82) is 0 Å². The summed E-state index contributed by atoms with van der Waals surface area (Å²) in [5.74, 6) is 0.766. The lowest BCUT2D eigenvalue weighted by Crippen LogP contribution is -2.35. The topological polar surface area (TPSA) is 68.7 Å². The molecule has 3 rings (SSSR count). The first-order chi connectivity index (χ1) is 9.36. The molecule has 19 heavy (non-hydrogen) atoms. The number of rotatable bonds is 3. The third-order valence-electron chi connectivity index (χ3n) is 3.03. The van der Waals surface area contributed by atoms with Gasteiger partial charge in [0.25, 0.3) is 0 Å². The number of amidine groups is 1. The number of hydrazone groups is 1. The van der Waals surface area contributed by atoms with Crippen molar-refractivity contribution >= 4 is 5.84 Å². The summed E-state index contributed by atoms with van der Waals surface area (Å²) in [6.07, 6.45) is 0. The maximum Gasteiger partial charge on any atom is 0.170 e. The number of nitrogens with one attached hydrogen (secondary N) is 3. The average molecular weight is 256 g/mol. The summed E-state index contributed by atoms with van der Waals surface area (Å²) < 4.78 is 0. The maximum absolute atomic E-state index is 9.02. The van der Waals surface area contributed by atoms with Crippen LogP contribution < -0.4 is 16.5 Å². The van der Waals surface area contributed by atoms with Gasteiger partial charge in [-0.25, -0.2) is 5.53 Å². The average Bonchev–Trinajstić information content (AvgIpc) is 3.02. The van der Waals surface area contributed by atoms with Gasteiger partial charge in [-0.2, -0.15) is 0 Å². The molecule has 0 aliphatic carbocycles. The molecular formula is C14H16N4O. The van der Waals surface area contributed by atoms with Crippen LogP contribution in [0.2, 0.25) is 0 Å². The zero-order valence-corrected chi connectivity index (χ0v) is 10.2. The molecule has 0 amide bonds. The largest absolute Gasteiger partial charge is 0.392 e. The van der Waals surface area contributed by atoms with Crippen LogP contribution in [0.15, 0.2) is 53.6 Å². The summed E-state index contributed by atoms with van der Waals surface area (Å²) in [5.41, 5.74) is 12.4. The minimum atomic E-state index is 0. The summed E-state index contributed by atoms with van der Waals surface area (Å²) in [6, 6.07) is 16.0. The number of nitrogens with zero attached hydrogens (tertiary/aromatic N) is 1. The molecule has 98 valence electrons. The zero-order valence-electron chi connectivity index (χ0n) is 10.2. The van der Waals surface area contributed by atoms with Gasteiger partial charge in [0.05, 0.1) is 6.61 Å². The molecule has 1 aliphatic heterocycles. The number of aliphatic hydroxyl groups excluding tert-OH is 1. The van der Waals surface area contributed by atoms with Crippen LogP contribution in [0.5, 0.6) is 0 Å². The van der Waals surface area contributed by atoms with Crippen molar-refractivity contribution < 1.29 is 6.53 Å². The van der Waals surface area contributed by atoms with Crippen LogP contribution in [-0.4, -0.2) is 10.9 Å². The van der Waals surface area contributed by atoms with Gasteiger partial charge in [0.2, 0.25) is 0 Å². The summed E-state index contributed by atoms with van der Waals surface area (Å²) >= 11 is 0. The van der Waals surface area contributed by atoms with Crippen molar-refractivity contribution in [3.63, 3.8) is 0 Å². The van der Waals surface area contributed by atoms with Gasteiger partial charge in [-0.1, -0.05) is 48.5 Å². The predicted molar refractivity (Wildman–Crippen MR) is 75.9 cm³/mol. The SMILES string of the molecule is OCc1ccc(-c2ccc(C3=NNNN3)cc2)cc1.[HH]. The molecule has 0 atom stereocenters. The molecule has 4 N–H and O–H groups in total. The van der Waals surface area contributed by atoms with Crippen LogP contribution >= 0.6 is 0 Å². The number of benzene rings is 2. The number of hydrogen-bond acceptors (Lipinski definition) is 5. The van der Waals surface area contributed by atoms with Crippen LogP contribution in [0.4, 0.5) is 0 Å². The molecule has 0 saturated carbocycles. The molecule has 5 heteroatoms. The molecule has 0 aromatic heterocycles. The van der Waals surface area contributed by atoms with Crippen molar-refractivity contribution in [3.05, 3.63) is 59.7 Å². The van der Waals surface area contributed by atoms with E-state index in [1.165, 1.54) is 0 Å². The second-order valence-corrected chi connectivity index (χ2v) is 4.25. The molecule has 0 unspecified atom stereocenters. The number of hydrogen-bond donors (Lipinski definition) is 4. The second kappa shape index (κ2) is 5.09. The van der Waals surface area contributed by atoms with Crippen LogP contribution in [0, 0.1) is 0 Å². The molecule has 0 radical (unpaired) electrons. The van der Waals surface area contributed by atoms with Crippen molar-refractivity contribution in [2.75, 3.05) is 0 Å². The number of aliphatic hydroxyl groups is 1. The smallest absolute Gasteiger partial charge is 0.170 e. The highest BCUT2D eigenvalue weighted by atomic mass is 16.3. The summed E-state index contributed by atoms with van der Waals surface area (Å²) in [7, 11) is 0. The Bertz CT molecular complexity index is 596. The predicted octanol–water partition coefficient (Wildman–Crippen LogP) is 1.37. The van der Waals surface area contributed by atoms with E-state index in [4.69, 9.17) is 5.11 Å². The first-order valence-corrected chi connectivity index (χ1v) is 6.01. The van der Waals surface area contributed by atoms with Gasteiger partial charge in [-0.15, -0.1) is 10.6 Å². The third kappa shape index (κ3) is 2.42. The van der Waals surface area contributed by atoms with E-state index in [0.29, 0.717) is 0 Å². The maximum atomic E-state index is 9.02. The first kappa shape index (κ1) is 11.7. The van der Waals surface area contributed by atoms with Crippen LogP contribution in [0.1, 0.15) is 12.6 Å². The van der Waals surface area contributed by atoms with E-state index in [1.807, 2.05) is 48.5 Å². The van der Waals surface area contributed by atoms with E-state index in [2.05, 4.69) is 21.6 Å². The molecule has 2 aromatic carbocycles. The second-order valence-electron chi connectivity index (χ2n) is 4.25. The molecule has 0 bridgehead atoms. The standard InChI is InChI=1S/C14H14N4O.H2/c19-9-10-1-3-11(4-2-10)12-5-7-13(8-6-12)14-15-17-18-16-14;/h1-8,17-19H,9H2,(H,15,16);1H. The molecule has 2 aromatic rings. The molecule has 0 fully saturated rings. The Morgan fingerprint density at radius 2 is 1.47 bits per heavy atom. The Labute approximate surface area is 112 Å². The summed E-state index contributed by atoms with van der Waals surface area (Å²) in [4.78, 5) is 0. The first-order valence-electron chi connectivity index (χ1n) is 6.01. The van der Waals surface area contributed by atoms with Crippen molar-refractivity contribution in [2.45, 2.75) is 6.61 Å². The lowest BCUT2D eigenvalue weighted by atomic mass is 10.0. The highest BCUT2D eigenvalue weighted by Crippen LogP contribution is 2.20. The molecule has 0 spiro atoms. The van der Waals surface area contributed by atoms with Gasteiger partial charge in [0, 0.05) is 6.99 Å². The summed E-state index contributed by atoms with van der Waals surface area (Å²) in [5, 5.41) is 13.1. The molecule has 1 aliphatic rings. The van der Waals surface area contributed by atoms with Gasteiger partial charge >= 0.3 is 0 Å². The highest BCUT2D eigenvalue weighted by molar-refractivity contribution is 5.99. The highest BCUT2D eigenvalue weighted by Gasteiger charge is 2.07. The van der Waals surface area contributed by atoms with Crippen LogP contribution in [0.25, 0.3) is 11.1 Å². The van der Waals surface area contributed by atoms with Crippen molar-refractivity contribution in [1.82, 2.24) is 16.5 Å². The fraction of sp³-hybridized carbons (Fsp3) is 0.0714. The van der Waals surface area contributed by atoms with E-state index in [0.717, 1.165) is 28.1 Å². The van der Waals surface area contributed by atoms with Crippen molar-refractivity contribution in [3.8, 4) is 11.1 Å². The van der Waals surface area contributed by atoms with Gasteiger partial charge in [-0.3, -0.25) is 5.43 Å². The Hall–Kier alpha value is -2.37. The lowest BCUT2D eigenvalue weighted by molar-refractivity contribution is 0.282. The van der Waals surface area contributed by atoms with E-state index < -0.39 is 0 Å². The lowest BCUT2D eigenvalue weighted by Gasteiger charge is -2.05.